The van der Waals surface area contributed by atoms with E-state index < -0.39 is 11.9 Å². The van der Waals surface area contributed by atoms with E-state index in [0.29, 0.717) is 27.8 Å². The first-order chi connectivity index (χ1) is 17.2. The predicted molar refractivity (Wildman–Crippen MR) is 133 cm³/mol. The second-order valence-corrected chi connectivity index (χ2v) is 8.18. The third-order valence-electron chi connectivity index (χ3n) is 5.52. The van der Waals surface area contributed by atoms with Crippen LogP contribution in [0.3, 0.4) is 0 Å². The van der Waals surface area contributed by atoms with Gasteiger partial charge in [-0.25, -0.2) is 4.79 Å². The lowest BCUT2D eigenvalue weighted by molar-refractivity contribution is -0.139. The van der Waals surface area contributed by atoms with Crippen molar-refractivity contribution in [1.29, 1.82) is 5.26 Å². The molecule has 1 atom stereocenters. The Hall–Kier alpha value is -4.16. The molecule has 1 unspecified atom stereocenters. The summed E-state index contributed by atoms with van der Waals surface area (Å²) in [7, 11) is 1.44. The fourth-order valence-electron chi connectivity index (χ4n) is 3.74. The number of hydrogen-bond acceptors (Lipinski definition) is 8. The Morgan fingerprint density at radius 3 is 2.64 bits per heavy atom. The van der Waals surface area contributed by atoms with Crippen LogP contribution in [-0.2, 0) is 19.1 Å². The second kappa shape index (κ2) is 11.5. The zero-order valence-electron chi connectivity index (χ0n) is 20.3. The fourth-order valence-corrected chi connectivity index (χ4v) is 3.92. The molecule has 0 aromatic heterocycles. The molecule has 9 nitrogen and oxygen atoms in total. The van der Waals surface area contributed by atoms with Gasteiger partial charge in [0.2, 0.25) is 5.88 Å². The molecule has 2 aromatic carbocycles. The van der Waals surface area contributed by atoms with E-state index in [0.717, 1.165) is 5.56 Å². The number of nitrogens with zero attached hydrogens (tertiary/aromatic N) is 1. The number of benzene rings is 2. The Morgan fingerprint density at radius 1 is 1.22 bits per heavy atom. The SMILES string of the molecule is CCOC(=O)C1=C(C)OC(N)=C(C#N)C1c1ccc(OCC(=O)Nc2cccc(Cl)c2C)c(OC)c1. The molecule has 0 saturated heterocycles. The van der Waals surface area contributed by atoms with Crippen molar-refractivity contribution in [3.8, 4) is 17.6 Å². The van der Waals surface area contributed by atoms with Gasteiger partial charge in [-0.05, 0) is 56.2 Å². The molecule has 1 heterocycles. The average molecular weight is 512 g/mol. The summed E-state index contributed by atoms with van der Waals surface area (Å²) >= 11 is 6.10. The molecule has 1 amide bonds. The van der Waals surface area contributed by atoms with Crippen molar-refractivity contribution in [3.63, 3.8) is 0 Å². The van der Waals surface area contributed by atoms with E-state index in [1.54, 1.807) is 57.2 Å². The van der Waals surface area contributed by atoms with Crippen LogP contribution in [0.15, 0.2) is 59.2 Å². The number of halogens is 1. The highest BCUT2D eigenvalue weighted by Gasteiger charge is 2.36. The molecule has 10 heteroatoms. The van der Waals surface area contributed by atoms with Crippen LogP contribution in [0.2, 0.25) is 5.02 Å². The van der Waals surface area contributed by atoms with Gasteiger partial charge < -0.3 is 30.0 Å². The van der Waals surface area contributed by atoms with Crippen LogP contribution in [0.25, 0.3) is 0 Å². The quantitative estimate of drug-likeness (QED) is 0.500. The Kier molecular flexibility index (Phi) is 8.46. The lowest BCUT2D eigenvalue weighted by Crippen LogP contribution is -2.25. The highest BCUT2D eigenvalue weighted by Crippen LogP contribution is 2.42. The predicted octanol–water partition coefficient (Wildman–Crippen LogP) is 4.32. The summed E-state index contributed by atoms with van der Waals surface area (Å²) in [6.07, 6.45) is 0. The Balaban J connectivity index is 1.86. The number of amides is 1. The van der Waals surface area contributed by atoms with Crippen LogP contribution in [0.5, 0.6) is 11.5 Å². The number of anilines is 1. The van der Waals surface area contributed by atoms with Gasteiger partial charge in [0.15, 0.2) is 18.1 Å². The number of methoxy groups -OCH3 is 1. The number of ether oxygens (including phenoxy) is 4. The maximum atomic E-state index is 12.7. The van der Waals surface area contributed by atoms with Gasteiger partial charge in [0.25, 0.3) is 5.91 Å². The summed E-state index contributed by atoms with van der Waals surface area (Å²) in [5.41, 5.74) is 8.03. The van der Waals surface area contributed by atoms with Gasteiger partial charge in [-0.15, -0.1) is 0 Å². The number of carbonyl (C=O) groups is 2. The number of hydrogen-bond donors (Lipinski definition) is 2. The number of nitriles is 1. The van der Waals surface area contributed by atoms with Gasteiger partial charge >= 0.3 is 5.97 Å². The second-order valence-electron chi connectivity index (χ2n) is 7.77. The molecular weight excluding hydrogens is 486 g/mol. The van der Waals surface area contributed by atoms with Crippen molar-refractivity contribution in [2.24, 2.45) is 5.73 Å². The molecule has 0 spiro atoms. The van der Waals surface area contributed by atoms with Crippen molar-refractivity contribution >= 4 is 29.2 Å². The standard InChI is InChI=1S/C26H26ClN3O6/c1-5-34-26(32)23-15(3)36-25(29)17(12-28)24(23)16-9-10-20(21(11-16)33-4)35-13-22(31)30-19-8-6-7-18(27)14(19)2/h6-11,24H,5,13,29H2,1-4H3,(H,30,31). The van der Waals surface area contributed by atoms with Crippen molar-refractivity contribution in [1.82, 2.24) is 0 Å². The minimum Gasteiger partial charge on any atom is -0.493 e. The van der Waals surface area contributed by atoms with Gasteiger partial charge in [-0.1, -0.05) is 23.7 Å². The summed E-state index contributed by atoms with van der Waals surface area (Å²) in [6.45, 7) is 4.92. The molecular formula is C26H26ClN3O6. The monoisotopic (exact) mass is 511 g/mol. The largest absolute Gasteiger partial charge is 0.493 e. The third-order valence-corrected chi connectivity index (χ3v) is 5.93. The molecule has 0 bridgehead atoms. The summed E-state index contributed by atoms with van der Waals surface area (Å²) < 4.78 is 21.8. The lowest BCUT2D eigenvalue weighted by atomic mass is 9.83. The van der Waals surface area contributed by atoms with Gasteiger partial charge in [-0.3, -0.25) is 4.79 Å². The topological polar surface area (TPSA) is 133 Å². The fraction of sp³-hybridized carbons (Fsp3) is 0.269. The molecule has 0 aliphatic carbocycles. The van der Waals surface area contributed by atoms with Crippen LogP contribution >= 0.6 is 11.6 Å². The van der Waals surface area contributed by atoms with E-state index in [4.69, 9.17) is 36.3 Å². The summed E-state index contributed by atoms with van der Waals surface area (Å²) in [4.78, 5) is 25.2. The first-order valence-corrected chi connectivity index (χ1v) is 11.4. The minimum absolute atomic E-state index is 0.0654. The summed E-state index contributed by atoms with van der Waals surface area (Å²) in [6, 6.07) is 12.1. The molecule has 0 saturated carbocycles. The van der Waals surface area contributed by atoms with Crippen molar-refractivity contribution in [2.75, 3.05) is 25.6 Å². The summed E-state index contributed by atoms with van der Waals surface area (Å²) in [5.74, 6) is -1.11. The number of nitrogens with two attached hydrogens (primary N) is 1. The normalized spacial score (nSPS) is 15.1. The van der Waals surface area contributed by atoms with E-state index in [1.807, 2.05) is 6.07 Å². The molecule has 3 N–H and O–H groups in total. The van der Waals surface area contributed by atoms with E-state index in [-0.39, 0.29) is 41.9 Å². The van der Waals surface area contributed by atoms with Crippen LogP contribution in [0.1, 0.15) is 30.9 Å². The Morgan fingerprint density at radius 2 is 1.97 bits per heavy atom. The first kappa shape index (κ1) is 26.4. The van der Waals surface area contributed by atoms with Crippen LogP contribution in [0.4, 0.5) is 5.69 Å². The van der Waals surface area contributed by atoms with Crippen molar-refractivity contribution < 1.29 is 28.5 Å². The smallest absolute Gasteiger partial charge is 0.338 e. The van der Waals surface area contributed by atoms with Crippen LogP contribution in [-0.4, -0.2) is 32.2 Å². The maximum Gasteiger partial charge on any atom is 0.338 e. The highest BCUT2D eigenvalue weighted by molar-refractivity contribution is 6.31. The van der Waals surface area contributed by atoms with Crippen molar-refractivity contribution in [2.45, 2.75) is 26.7 Å². The van der Waals surface area contributed by atoms with Gasteiger partial charge in [0.1, 0.15) is 17.4 Å². The van der Waals surface area contributed by atoms with Crippen LogP contribution in [0, 0.1) is 18.3 Å². The molecule has 3 rings (SSSR count). The Labute approximate surface area is 214 Å². The van der Waals surface area contributed by atoms with E-state index in [1.165, 1.54) is 7.11 Å². The van der Waals surface area contributed by atoms with Gasteiger partial charge in [0, 0.05) is 10.7 Å². The molecule has 188 valence electrons. The van der Waals surface area contributed by atoms with Crippen LogP contribution < -0.4 is 20.5 Å². The van der Waals surface area contributed by atoms with Gasteiger partial charge in [0.05, 0.1) is 25.2 Å². The zero-order valence-corrected chi connectivity index (χ0v) is 21.1. The molecule has 2 aromatic rings. The van der Waals surface area contributed by atoms with Crippen molar-refractivity contribution in [3.05, 3.63) is 75.3 Å². The summed E-state index contributed by atoms with van der Waals surface area (Å²) in [5, 5.41) is 13.0. The number of rotatable bonds is 8. The van der Waals surface area contributed by atoms with E-state index >= 15 is 0 Å². The molecule has 36 heavy (non-hydrogen) atoms. The lowest BCUT2D eigenvalue weighted by Gasteiger charge is -2.27. The number of carbonyl (C=O) groups excluding carboxylic acids is 2. The highest BCUT2D eigenvalue weighted by atomic mass is 35.5. The maximum absolute atomic E-state index is 12.7. The van der Waals surface area contributed by atoms with E-state index in [9.17, 15) is 14.9 Å². The minimum atomic E-state index is -0.833. The average Bonchev–Trinajstić information content (AvgIpc) is 2.85. The molecule has 1 aliphatic rings. The number of esters is 1. The Bertz CT molecular complexity index is 1300. The third kappa shape index (κ3) is 5.56. The molecule has 0 radical (unpaired) electrons. The molecule has 0 fully saturated rings. The van der Waals surface area contributed by atoms with Gasteiger partial charge in [-0.2, -0.15) is 5.26 Å². The number of nitrogens with one attached hydrogen (secondary N) is 1. The van der Waals surface area contributed by atoms with E-state index in [2.05, 4.69) is 5.32 Å². The number of allylic oxidation sites excluding steroid dienone is 2. The molecule has 1 aliphatic heterocycles. The zero-order chi connectivity index (χ0) is 26.4. The first-order valence-electron chi connectivity index (χ1n) is 11.0.